The van der Waals surface area contributed by atoms with Crippen LogP contribution in [0.25, 0.3) is 0 Å². The Morgan fingerprint density at radius 1 is 0.806 bits per heavy atom. The first-order valence-corrected chi connectivity index (χ1v) is 13.0. The van der Waals surface area contributed by atoms with Crippen molar-refractivity contribution in [2.24, 2.45) is 0 Å². The van der Waals surface area contributed by atoms with Gasteiger partial charge in [0.15, 0.2) is 11.5 Å². The van der Waals surface area contributed by atoms with Gasteiger partial charge in [-0.05, 0) is 35.7 Å². The molecule has 1 heterocycles. The lowest BCUT2D eigenvalue weighted by Gasteiger charge is -2.16. The predicted octanol–water partition coefficient (Wildman–Crippen LogP) is 4.67. The molecule has 0 unspecified atom stereocenters. The molecule has 0 aliphatic carbocycles. The third kappa shape index (κ3) is 5.18. The summed E-state index contributed by atoms with van der Waals surface area (Å²) in [5, 5.41) is 1.68. The van der Waals surface area contributed by atoms with Crippen molar-refractivity contribution < 1.29 is 26.3 Å². The van der Waals surface area contributed by atoms with Gasteiger partial charge in [0.1, 0.15) is 4.21 Å². The Morgan fingerprint density at radius 2 is 1.39 bits per heavy atom. The van der Waals surface area contributed by atoms with Crippen molar-refractivity contribution in [3.63, 3.8) is 0 Å². The van der Waals surface area contributed by atoms with E-state index in [1.807, 2.05) is 0 Å². The van der Waals surface area contributed by atoms with Gasteiger partial charge >= 0.3 is 0 Å². The van der Waals surface area contributed by atoms with E-state index >= 15 is 0 Å². The zero-order chi connectivity index (χ0) is 22.8. The molecule has 0 fully saturated rings. The fraction of sp³-hybridized carbons (Fsp3) is 0.111. The van der Waals surface area contributed by atoms with E-state index in [0.717, 1.165) is 11.3 Å². The molecule has 31 heavy (non-hydrogen) atoms. The molecule has 0 bridgehead atoms. The lowest BCUT2D eigenvalue weighted by molar-refractivity contribution is 0.354. The summed E-state index contributed by atoms with van der Waals surface area (Å²) in [6, 6.07) is 9.45. The molecule has 0 atom stereocenters. The minimum absolute atomic E-state index is 0.0331. The molecule has 166 valence electrons. The van der Waals surface area contributed by atoms with E-state index in [1.54, 1.807) is 11.4 Å². The van der Waals surface area contributed by atoms with Crippen molar-refractivity contribution in [3.05, 3.63) is 57.9 Å². The molecule has 0 spiro atoms. The van der Waals surface area contributed by atoms with E-state index < -0.39 is 20.0 Å². The lowest BCUT2D eigenvalue weighted by Crippen LogP contribution is -2.17. The highest BCUT2D eigenvalue weighted by atomic mass is 35.5. The van der Waals surface area contributed by atoms with Crippen LogP contribution in [-0.2, 0) is 20.0 Å². The van der Waals surface area contributed by atoms with E-state index in [0.29, 0.717) is 5.75 Å². The van der Waals surface area contributed by atoms with E-state index in [1.165, 1.54) is 50.6 Å². The normalized spacial score (nSPS) is 11.7. The van der Waals surface area contributed by atoms with Gasteiger partial charge < -0.3 is 9.47 Å². The molecule has 3 aromatic rings. The molecule has 0 amide bonds. The van der Waals surface area contributed by atoms with Crippen molar-refractivity contribution >= 4 is 66.0 Å². The number of hydrogen-bond donors (Lipinski definition) is 2. The van der Waals surface area contributed by atoms with Gasteiger partial charge in [-0.3, -0.25) is 9.44 Å². The van der Waals surface area contributed by atoms with Gasteiger partial charge in [-0.15, -0.1) is 11.3 Å². The molecule has 0 aliphatic rings. The highest BCUT2D eigenvalue weighted by Crippen LogP contribution is 2.36. The number of hydrogen-bond acceptors (Lipinski definition) is 7. The highest BCUT2D eigenvalue weighted by Gasteiger charge is 2.23. The number of sulfonamides is 2. The Morgan fingerprint density at radius 3 is 1.90 bits per heavy atom. The van der Waals surface area contributed by atoms with Crippen LogP contribution in [0.4, 0.5) is 11.4 Å². The van der Waals surface area contributed by atoms with Crippen LogP contribution in [0.15, 0.2) is 56.9 Å². The molecule has 0 saturated carbocycles. The molecule has 3 rings (SSSR count). The molecule has 8 nitrogen and oxygen atoms in total. The SMILES string of the molecule is COc1ccc(S(=O)(=O)Nc2cc(Cl)c(Cl)cc2NS(=O)(=O)c2cccs2)cc1OC. The second-order valence-corrected chi connectivity index (χ2v) is 11.3. The molecular formula is C18H16Cl2N2O6S3. The topological polar surface area (TPSA) is 111 Å². The number of methoxy groups -OCH3 is 2. The molecule has 0 aliphatic heterocycles. The van der Waals surface area contributed by atoms with Gasteiger partial charge in [0.05, 0.1) is 40.5 Å². The van der Waals surface area contributed by atoms with Crippen LogP contribution in [-0.4, -0.2) is 31.1 Å². The van der Waals surface area contributed by atoms with E-state index in [4.69, 9.17) is 32.7 Å². The van der Waals surface area contributed by atoms with Crippen LogP contribution < -0.4 is 18.9 Å². The molecular weight excluding hydrogens is 507 g/mol. The van der Waals surface area contributed by atoms with Crippen molar-refractivity contribution in [2.75, 3.05) is 23.7 Å². The Balaban J connectivity index is 2.02. The van der Waals surface area contributed by atoms with E-state index in [9.17, 15) is 16.8 Å². The number of halogens is 2. The maximum absolute atomic E-state index is 13.0. The van der Waals surface area contributed by atoms with Gasteiger partial charge in [-0.2, -0.15) is 0 Å². The number of nitrogens with one attached hydrogen (secondary N) is 2. The van der Waals surface area contributed by atoms with Gasteiger partial charge in [0.25, 0.3) is 20.0 Å². The number of thiophene rings is 1. The molecule has 0 saturated heterocycles. The summed E-state index contributed by atoms with van der Waals surface area (Å²) >= 11 is 13.1. The van der Waals surface area contributed by atoms with Crippen LogP contribution in [0.3, 0.4) is 0 Å². The summed E-state index contributed by atoms with van der Waals surface area (Å²) in [4.78, 5) is -0.136. The van der Waals surface area contributed by atoms with Gasteiger partial charge in [0.2, 0.25) is 0 Å². The first-order valence-electron chi connectivity index (χ1n) is 8.37. The fourth-order valence-corrected chi connectivity index (χ4v) is 5.99. The fourth-order valence-electron chi connectivity index (χ4n) is 2.51. The monoisotopic (exact) mass is 522 g/mol. The maximum Gasteiger partial charge on any atom is 0.271 e. The van der Waals surface area contributed by atoms with E-state index in [-0.39, 0.29) is 36.3 Å². The smallest absolute Gasteiger partial charge is 0.271 e. The summed E-state index contributed by atoms with van der Waals surface area (Å²) < 4.78 is 66.1. The van der Waals surface area contributed by atoms with Crippen LogP contribution in [0.1, 0.15) is 0 Å². The predicted molar refractivity (Wildman–Crippen MR) is 122 cm³/mol. The summed E-state index contributed by atoms with van der Waals surface area (Å²) in [6.45, 7) is 0. The minimum Gasteiger partial charge on any atom is -0.493 e. The molecule has 1 aromatic heterocycles. The van der Waals surface area contributed by atoms with Crippen LogP contribution in [0.2, 0.25) is 10.0 Å². The summed E-state index contributed by atoms with van der Waals surface area (Å²) in [7, 11) is -5.32. The average Bonchev–Trinajstić information content (AvgIpc) is 3.26. The number of benzene rings is 2. The van der Waals surface area contributed by atoms with Crippen molar-refractivity contribution in [1.82, 2.24) is 0 Å². The minimum atomic E-state index is -4.15. The molecule has 2 N–H and O–H groups in total. The van der Waals surface area contributed by atoms with Crippen LogP contribution in [0, 0.1) is 0 Å². The third-order valence-corrected chi connectivity index (χ3v) is 8.82. The summed E-state index contributed by atoms with van der Waals surface area (Å²) in [5.74, 6) is 0.554. The number of rotatable bonds is 8. The van der Waals surface area contributed by atoms with Gasteiger partial charge in [-0.1, -0.05) is 29.3 Å². The standard InChI is InChI=1S/C18H16Cl2N2O6S3/c1-27-16-6-5-11(8-17(16)28-2)30(23,24)21-14-9-12(19)13(20)10-15(14)22-31(25,26)18-4-3-7-29-18/h3-10,21-22H,1-2H3. The number of anilines is 2. The average molecular weight is 523 g/mol. The first-order chi connectivity index (χ1) is 14.6. The number of ether oxygens (including phenoxy) is 2. The van der Waals surface area contributed by atoms with Crippen molar-refractivity contribution in [3.8, 4) is 11.5 Å². The Kier molecular flexibility index (Phi) is 6.92. The second kappa shape index (κ2) is 9.13. The third-order valence-electron chi connectivity index (χ3n) is 3.97. The highest BCUT2D eigenvalue weighted by molar-refractivity contribution is 7.94. The van der Waals surface area contributed by atoms with Gasteiger partial charge in [-0.25, -0.2) is 16.8 Å². The zero-order valence-electron chi connectivity index (χ0n) is 16.0. The molecule has 13 heteroatoms. The largest absolute Gasteiger partial charge is 0.493 e. The van der Waals surface area contributed by atoms with E-state index in [2.05, 4.69) is 9.44 Å². The zero-order valence-corrected chi connectivity index (χ0v) is 20.0. The Labute approximate surface area is 193 Å². The summed E-state index contributed by atoms with van der Waals surface area (Å²) in [6.07, 6.45) is 0. The molecule has 0 radical (unpaired) electrons. The Bertz CT molecular complexity index is 1310. The summed E-state index contributed by atoms with van der Waals surface area (Å²) in [5.41, 5.74) is -0.198. The van der Waals surface area contributed by atoms with Crippen LogP contribution >= 0.6 is 34.5 Å². The van der Waals surface area contributed by atoms with Crippen LogP contribution in [0.5, 0.6) is 11.5 Å². The maximum atomic E-state index is 13.0. The van der Waals surface area contributed by atoms with Crippen molar-refractivity contribution in [2.45, 2.75) is 9.10 Å². The quantitative estimate of drug-likeness (QED) is 0.444. The lowest BCUT2D eigenvalue weighted by atomic mass is 10.3. The van der Waals surface area contributed by atoms with Crippen molar-refractivity contribution in [1.29, 1.82) is 0 Å². The Hall–Kier alpha value is -2.18. The molecule has 2 aromatic carbocycles. The van der Waals surface area contributed by atoms with Gasteiger partial charge in [0, 0.05) is 6.07 Å². The first kappa shape index (κ1) is 23.5. The second-order valence-electron chi connectivity index (χ2n) is 5.97.